The van der Waals surface area contributed by atoms with Crippen molar-refractivity contribution < 1.29 is 14.3 Å². The quantitative estimate of drug-likeness (QED) is 0.814. The molecule has 22 heavy (non-hydrogen) atoms. The maximum Gasteiger partial charge on any atom is 0.356 e. The molecule has 0 saturated carbocycles. The van der Waals surface area contributed by atoms with Gasteiger partial charge in [-0.3, -0.25) is 4.79 Å². The molecule has 0 aliphatic rings. The van der Waals surface area contributed by atoms with Gasteiger partial charge in [-0.2, -0.15) is 0 Å². The van der Waals surface area contributed by atoms with Gasteiger partial charge in [-0.1, -0.05) is 36.4 Å². The van der Waals surface area contributed by atoms with Crippen molar-refractivity contribution in [2.75, 3.05) is 14.2 Å². The van der Waals surface area contributed by atoms with Crippen LogP contribution in [0.2, 0.25) is 0 Å². The number of amides is 1. The first-order valence-electron chi connectivity index (χ1n) is 6.92. The van der Waals surface area contributed by atoms with E-state index in [9.17, 15) is 9.59 Å². The molecule has 2 aromatic rings. The zero-order valence-electron chi connectivity index (χ0n) is 12.8. The van der Waals surface area contributed by atoms with Gasteiger partial charge in [0.15, 0.2) is 0 Å². The van der Waals surface area contributed by atoms with Crippen LogP contribution in [0.15, 0.2) is 48.5 Å². The van der Waals surface area contributed by atoms with Gasteiger partial charge in [-0.05, 0) is 24.6 Å². The molecule has 2 rings (SSSR count). The molecule has 0 bridgehead atoms. The number of aromatic nitrogens is 1. The molecule has 0 saturated heterocycles. The van der Waals surface area contributed by atoms with Gasteiger partial charge in [0.2, 0.25) is 0 Å². The number of nitrogens with zero attached hydrogens (tertiary/aromatic N) is 2. The first-order valence-corrected chi connectivity index (χ1v) is 6.92. The van der Waals surface area contributed by atoms with E-state index in [1.165, 1.54) is 13.2 Å². The summed E-state index contributed by atoms with van der Waals surface area (Å²) in [7, 11) is 2.99. The molecule has 1 atom stereocenters. The fraction of sp³-hybridized carbons (Fsp3) is 0.235. The number of hydrogen-bond donors (Lipinski definition) is 0. The largest absolute Gasteiger partial charge is 0.464 e. The van der Waals surface area contributed by atoms with Crippen LogP contribution < -0.4 is 0 Å². The van der Waals surface area contributed by atoms with Crippen LogP contribution >= 0.6 is 0 Å². The zero-order chi connectivity index (χ0) is 16.1. The Balaban J connectivity index is 2.22. The molecule has 1 aromatic carbocycles. The topological polar surface area (TPSA) is 59.5 Å². The van der Waals surface area contributed by atoms with E-state index in [1.807, 2.05) is 37.3 Å². The molecule has 5 nitrogen and oxygen atoms in total. The molecule has 1 amide bonds. The average molecular weight is 298 g/mol. The second-order valence-corrected chi connectivity index (χ2v) is 4.90. The molecule has 114 valence electrons. The lowest BCUT2D eigenvalue weighted by molar-refractivity contribution is 0.0593. The number of benzene rings is 1. The summed E-state index contributed by atoms with van der Waals surface area (Å²) in [4.78, 5) is 29.7. The molecule has 0 fully saturated rings. The van der Waals surface area contributed by atoms with E-state index in [0.717, 1.165) is 5.56 Å². The summed E-state index contributed by atoms with van der Waals surface area (Å²) in [6.07, 6.45) is 0. The van der Waals surface area contributed by atoms with Crippen LogP contribution in [0.25, 0.3) is 0 Å². The van der Waals surface area contributed by atoms with Gasteiger partial charge >= 0.3 is 5.97 Å². The standard InChI is InChI=1S/C17H18N2O3/c1-12(13-8-5-4-6-9-13)19(2)16(20)14-10-7-11-15(18-14)17(21)22-3/h4-12H,1-3H3. The Labute approximate surface area is 129 Å². The van der Waals surface area contributed by atoms with Gasteiger partial charge in [0.25, 0.3) is 5.91 Å². The summed E-state index contributed by atoms with van der Waals surface area (Å²) < 4.78 is 4.62. The Bertz CT molecular complexity index is 671. The number of rotatable bonds is 4. The molecule has 0 spiro atoms. The van der Waals surface area contributed by atoms with Crippen LogP contribution in [0.3, 0.4) is 0 Å². The predicted octanol–water partition coefficient (Wildman–Crippen LogP) is 2.70. The molecule has 0 radical (unpaired) electrons. The van der Waals surface area contributed by atoms with Crippen molar-refractivity contribution in [3.63, 3.8) is 0 Å². The molecule has 1 heterocycles. The number of methoxy groups -OCH3 is 1. The normalized spacial score (nSPS) is 11.6. The van der Waals surface area contributed by atoms with Crippen molar-refractivity contribution in [3.05, 3.63) is 65.5 Å². The zero-order valence-corrected chi connectivity index (χ0v) is 12.8. The second kappa shape index (κ2) is 6.85. The van der Waals surface area contributed by atoms with E-state index in [-0.39, 0.29) is 23.3 Å². The van der Waals surface area contributed by atoms with Crippen molar-refractivity contribution in [1.82, 2.24) is 9.88 Å². The van der Waals surface area contributed by atoms with Gasteiger partial charge < -0.3 is 9.64 Å². The highest BCUT2D eigenvalue weighted by Gasteiger charge is 2.21. The lowest BCUT2D eigenvalue weighted by Gasteiger charge is -2.25. The Kier molecular flexibility index (Phi) is 4.88. The van der Waals surface area contributed by atoms with Crippen molar-refractivity contribution in [3.8, 4) is 0 Å². The van der Waals surface area contributed by atoms with Crippen LogP contribution in [-0.2, 0) is 4.74 Å². The Morgan fingerprint density at radius 3 is 2.32 bits per heavy atom. The lowest BCUT2D eigenvalue weighted by Crippen LogP contribution is -2.30. The van der Waals surface area contributed by atoms with E-state index in [1.54, 1.807) is 24.1 Å². The van der Waals surface area contributed by atoms with Gasteiger partial charge in [-0.25, -0.2) is 9.78 Å². The van der Waals surface area contributed by atoms with Crippen LogP contribution in [0, 0.1) is 0 Å². The van der Waals surface area contributed by atoms with E-state index >= 15 is 0 Å². The number of hydrogen-bond acceptors (Lipinski definition) is 4. The Hall–Kier alpha value is -2.69. The van der Waals surface area contributed by atoms with Gasteiger partial charge in [-0.15, -0.1) is 0 Å². The van der Waals surface area contributed by atoms with E-state index in [2.05, 4.69) is 9.72 Å². The van der Waals surface area contributed by atoms with E-state index < -0.39 is 5.97 Å². The Morgan fingerprint density at radius 2 is 1.68 bits per heavy atom. The minimum Gasteiger partial charge on any atom is -0.464 e. The summed E-state index contributed by atoms with van der Waals surface area (Å²) in [5, 5.41) is 0. The number of esters is 1. The predicted molar refractivity (Wildman–Crippen MR) is 82.5 cm³/mol. The molecular weight excluding hydrogens is 280 g/mol. The van der Waals surface area contributed by atoms with Gasteiger partial charge in [0.05, 0.1) is 13.2 Å². The molecule has 1 aromatic heterocycles. The average Bonchev–Trinajstić information content (AvgIpc) is 2.59. The summed E-state index contributed by atoms with van der Waals surface area (Å²) in [6.45, 7) is 1.94. The second-order valence-electron chi connectivity index (χ2n) is 4.90. The van der Waals surface area contributed by atoms with E-state index in [0.29, 0.717) is 0 Å². The third-order valence-electron chi connectivity index (χ3n) is 3.55. The minimum absolute atomic E-state index is 0.0997. The molecule has 0 N–H and O–H groups in total. The van der Waals surface area contributed by atoms with E-state index in [4.69, 9.17) is 0 Å². The summed E-state index contributed by atoms with van der Waals surface area (Å²) in [5.74, 6) is -0.810. The summed E-state index contributed by atoms with van der Waals surface area (Å²) >= 11 is 0. The first-order chi connectivity index (χ1) is 10.5. The maximum atomic E-state index is 12.5. The molecule has 0 aliphatic carbocycles. The smallest absolute Gasteiger partial charge is 0.356 e. The first kappa shape index (κ1) is 15.7. The van der Waals surface area contributed by atoms with Crippen LogP contribution in [0.1, 0.15) is 39.5 Å². The van der Waals surface area contributed by atoms with Crippen molar-refractivity contribution >= 4 is 11.9 Å². The highest BCUT2D eigenvalue weighted by Crippen LogP contribution is 2.20. The number of ether oxygens (including phenoxy) is 1. The van der Waals surface area contributed by atoms with Crippen molar-refractivity contribution in [1.29, 1.82) is 0 Å². The fourth-order valence-electron chi connectivity index (χ4n) is 2.08. The minimum atomic E-state index is -0.562. The SMILES string of the molecule is COC(=O)c1cccc(C(=O)N(C)C(C)c2ccccc2)n1. The van der Waals surface area contributed by atoms with Gasteiger partial charge in [0.1, 0.15) is 11.4 Å². The fourth-order valence-corrected chi connectivity index (χ4v) is 2.08. The number of carbonyl (C=O) groups is 2. The Morgan fingerprint density at radius 1 is 1.05 bits per heavy atom. The van der Waals surface area contributed by atoms with Crippen LogP contribution in [-0.4, -0.2) is 35.9 Å². The molecule has 0 aliphatic heterocycles. The summed E-state index contributed by atoms with van der Waals surface area (Å²) in [6, 6.07) is 14.3. The number of pyridine rings is 1. The monoisotopic (exact) mass is 298 g/mol. The van der Waals surface area contributed by atoms with Crippen LogP contribution in [0.4, 0.5) is 0 Å². The van der Waals surface area contributed by atoms with Gasteiger partial charge in [0, 0.05) is 7.05 Å². The van der Waals surface area contributed by atoms with Crippen LogP contribution in [0.5, 0.6) is 0 Å². The lowest BCUT2D eigenvalue weighted by atomic mass is 10.1. The van der Waals surface area contributed by atoms with Crippen molar-refractivity contribution in [2.45, 2.75) is 13.0 Å². The highest BCUT2D eigenvalue weighted by atomic mass is 16.5. The molecular formula is C17H18N2O3. The third-order valence-corrected chi connectivity index (χ3v) is 3.55. The summed E-state index contributed by atoms with van der Waals surface area (Å²) in [5.41, 5.74) is 1.37. The molecule has 1 unspecified atom stereocenters. The highest BCUT2D eigenvalue weighted by molar-refractivity contribution is 5.94. The third kappa shape index (κ3) is 3.31. The molecule has 5 heteroatoms. The number of carbonyl (C=O) groups excluding carboxylic acids is 2. The van der Waals surface area contributed by atoms with Crippen molar-refractivity contribution in [2.24, 2.45) is 0 Å². The maximum absolute atomic E-state index is 12.5.